The molecule has 2 rings (SSSR count). The van der Waals surface area contributed by atoms with Gasteiger partial charge in [-0.05, 0) is 18.4 Å². The van der Waals surface area contributed by atoms with Crippen LogP contribution in [-0.2, 0) is 50.7 Å². The number of hydrogen-bond acceptors (Lipinski definition) is 0. The molecule has 0 aliphatic rings. The van der Waals surface area contributed by atoms with Crippen molar-refractivity contribution >= 4 is 0 Å². The van der Waals surface area contributed by atoms with Gasteiger partial charge in [-0.3, -0.25) is 0 Å². The van der Waals surface area contributed by atoms with E-state index in [2.05, 4.69) is 87.1 Å². The third-order valence-electron chi connectivity index (χ3n) is 2.59. The summed E-state index contributed by atoms with van der Waals surface area (Å²) in [5.74, 6) is 0. The van der Waals surface area contributed by atoms with Gasteiger partial charge in [0.2, 0.25) is 0 Å². The summed E-state index contributed by atoms with van der Waals surface area (Å²) in [6, 6.07) is 16.8. The minimum Gasteiger partial charge on any atom is -0.337 e. The largest absolute Gasteiger partial charge is 0.337 e. The molecule has 0 amide bonds. The van der Waals surface area contributed by atoms with Gasteiger partial charge >= 0.3 is 56.5 Å². The van der Waals surface area contributed by atoms with Crippen molar-refractivity contribution in [1.82, 2.24) is 0 Å². The molecule has 0 atom stereocenters. The Morgan fingerprint density at radius 3 is 1.52 bits per heavy atom. The number of aromatic nitrogens is 1. The number of hydrogen-bond donors (Lipinski definition) is 0. The van der Waals surface area contributed by atoms with Crippen molar-refractivity contribution in [2.75, 3.05) is 0 Å². The molecule has 138 valence electrons. The zero-order valence-corrected chi connectivity index (χ0v) is 17.3. The summed E-state index contributed by atoms with van der Waals surface area (Å²) in [6.45, 7) is 24.7. The van der Waals surface area contributed by atoms with Crippen LogP contribution in [-0.4, -0.2) is 0 Å². The van der Waals surface area contributed by atoms with Crippen molar-refractivity contribution in [2.24, 2.45) is 0 Å². The minimum atomic E-state index is 0. The number of rotatable bonds is 5. The van der Waals surface area contributed by atoms with Crippen molar-refractivity contribution in [1.29, 1.82) is 0 Å². The molecule has 2 aromatic rings. The molecule has 0 radical (unpaired) electrons. The predicted molar refractivity (Wildman–Crippen MR) is 85.4 cm³/mol. The summed E-state index contributed by atoms with van der Waals surface area (Å²) >= 11 is 0. The Morgan fingerprint density at radius 1 is 0.667 bits per heavy atom. The monoisotopic (exact) mass is 535 g/mol. The van der Waals surface area contributed by atoms with Crippen LogP contribution in [0.4, 0.5) is 0 Å². The Bertz CT molecular complexity index is 531. The van der Waals surface area contributed by atoms with E-state index in [-0.39, 0.29) is 21.1 Å². The van der Waals surface area contributed by atoms with E-state index in [1.807, 2.05) is 18.2 Å². The Morgan fingerprint density at radius 2 is 1.07 bits per heavy atom. The number of unbranched alkanes of at least 4 members (excludes halogenated alkanes) is 1. The summed E-state index contributed by atoms with van der Waals surface area (Å²) in [5.41, 5.74) is 1.42. The van der Waals surface area contributed by atoms with E-state index in [1.54, 1.807) is 0 Å². The van der Waals surface area contributed by atoms with E-state index in [9.17, 15) is 0 Å². The van der Waals surface area contributed by atoms with Gasteiger partial charge in [-0.15, -0.1) is 0 Å². The van der Waals surface area contributed by atoms with Gasteiger partial charge in [0.1, 0.15) is 0 Å². The Kier molecular flexibility index (Phi) is 51.5. The maximum absolute atomic E-state index is 7.50. The first-order chi connectivity index (χ1) is 12.9. The van der Waals surface area contributed by atoms with Gasteiger partial charge in [0, 0.05) is 27.6 Å². The summed E-state index contributed by atoms with van der Waals surface area (Å²) in [4.78, 5) is 0. The van der Waals surface area contributed by atoms with Crippen LogP contribution < -0.4 is 4.57 Å². The topological polar surface area (TPSA) is 103 Å². The second kappa shape index (κ2) is 38.9. The Balaban J connectivity index is -0.000000128. The maximum atomic E-state index is 7.50. The molecule has 7 heteroatoms. The molecule has 0 aliphatic carbocycles. The van der Waals surface area contributed by atoms with Crippen LogP contribution in [0.1, 0.15) is 18.4 Å². The van der Waals surface area contributed by atoms with Crippen LogP contribution in [0.15, 0.2) is 60.9 Å². The van der Waals surface area contributed by atoms with Gasteiger partial charge < -0.3 is 4.57 Å². The van der Waals surface area contributed by atoms with E-state index < -0.39 is 0 Å². The van der Waals surface area contributed by atoms with Crippen molar-refractivity contribution in [3.8, 4) is 0 Å². The van der Waals surface area contributed by atoms with Gasteiger partial charge in [0.05, 0.1) is 12.4 Å². The summed E-state index contributed by atoms with van der Waals surface area (Å²) in [7, 11) is 0. The van der Waals surface area contributed by atoms with Gasteiger partial charge in [-0.2, -0.15) is 0 Å². The molecule has 0 N–H and O–H groups in total. The van der Waals surface area contributed by atoms with Gasteiger partial charge in [-0.25, -0.2) is 0 Å². The smallest absolute Gasteiger partial charge is 0.0692 e. The molecule has 0 saturated heterocycles. The second-order valence-electron chi connectivity index (χ2n) is 3.88. The predicted octanol–water partition coefficient (Wildman–Crippen LogP) is 2.82. The van der Waals surface area contributed by atoms with Crippen LogP contribution >= 0.6 is 0 Å². The molecule has 1 heterocycles. The SMILES string of the molecule is [C-]#[O+].[C-]#[O+].[C-]#[O+].[C-]#[O+].[C-]#[O+].[W].c1ccc(CCC[CH-][n+]2ccccc2)cc1. The fraction of sp³-hybridized carbons (Fsp3) is 0.150. The molecule has 1 aromatic carbocycles. The minimum absolute atomic E-state index is 0. The van der Waals surface area contributed by atoms with Crippen molar-refractivity contribution < 1.29 is 48.9 Å². The van der Waals surface area contributed by atoms with Crippen molar-refractivity contribution in [3.63, 3.8) is 0 Å². The molecule has 6 nitrogen and oxygen atoms in total. The normalized spacial score (nSPS) is 6.30. The molecule has 0 unspecified atom stereocenters. The first-order valence-electron chi connectivity index (χ1n) is 6.80. The summed E-state index contributed by atoms with van der Waals surface area (Å²) in [5, 5.41) is 0. The third kappa shape index (κ3) is 26.0. The van der Waals surface area contributed by atoms with Gasteiger partial charge in [0.25, 0.3) is 0 Å². The molecular weight excluding hydrogens is 518 g/mol. The third-order valence-corrected chi connectivity index (χ3v) is 2.59. The molecule has 0 fully saturated rings. The average molecular weight is 535 g/mol. The molecular formula is C20H17NO5W. The molecule has 0 spiro atoms. The quantitative estimate of drug-likeness (QED) is 0.244. The van der Waals surface area contributed by atoms with Crippen LogP contribution in [0, 0.1) is 39.8 Å². The van der Waals surface area contributed by atoms with E-state index in [0.717, 1.165) is 12.8 Å². The van der Waals surface area contributed by atoms with Crippen molar-refractivity contribution in [3.05, 3.63) is 106 Å². The second-order valence-corrected chi connectivity index (χ2v) is 3.88. The number of aryl methyl sites for hydroxylation is 1. The van der Waals surface area contributed by atoms with Crippen molar-refractivity contribution in [2.45, 2.75) is 19.3 Å². The van der Waals surface area contributed by atoms with Gasteiger partial charge in [-0.1, -0.05) is 55.0 Å². The van der Waals surface area contributed by atoms with E-state index in [4.69, 9.17) is 23.3 Å². The number of nitrogens with zero attached hydrogens (tertiary/aromatic N) is 1. The number of benzene rings is 1. The molecule has 0 aliphatic heterocycles. The zero-order valence-electron chi connectivity index (χ0n) is 14.4. The summed E-state index contributed by atoms with van der Waals surface area (Å²) in [6.07, 6.45) is 7.62. The molecule has 0 bridgehead atoms. The Labute approximate surface area is 174 Å². The maximum Gasteiger partial charge on any atom is 0.0692 e. The first kappa shape index (κ1) is 35.7. The summed E-state index contributed by atoms with van der Waals surface area (Å²) < 4.78 is 39.6. The van der Waals surface area contributed by atoms with Crippen LogP contribution in [0.3, 0.4) is 0 Å². The fourth-order valence-corrected chi connectivity index (χ4v) is 1.72. The van der Waals surface area contributed by atoms with Crippen LogP contribution in [0.2, 0.25) is 0 Å². The average Bonchev–Trinajstić information content (AvgIpc) is 2.80. The first-order valence-corrected chi connectivity index (χ1v) is 6.80. The zero-order chi connectivity index (χ0) is 21.1. The molecule has 0 saturated carbocycles. The molecule has 27 heavy (non-hydrogen) atoms. The van der Waals surface area contributed by atoms with Crippen LogP contribution in [0.25, 0.3) is 0 Å². The van der Waals surface area contributed by atoms with Gasteiger partial charge in [0.15, 0.2) is 0 Å². The standard InChI is InChI=1S/C15H17N.5CO.W/c1-3-9-15(10-4-1)11-5-8-14-16-12-6-2-7-13-16;5*1-2;/h1-4,6-7,9-10,12-14H,5,8,11H2;;;;;;. The van der Waals surface area contributed by atoms with E-state index in [1.165, 1.54) is 12.0 Å². The van der Waals surface area contributed by atoms with E-state index in [0.29, 0.717) is 0 Å². The number of pyridine rings is 1. The van der Waals surface area contributed by atoms with E-state index >= 15 is 0 Å². The van der Waals surface area contributed by atoms with Crippen LogP contribution in [0.5, 0.6) is 0 Å². The Hall–Kier alpha value is -2.37. The fourth-order valence-electron chi connectivity index (χ4n) is 1.72. The molecule has 1 aromatic heterocycles.